The molecule has 2 heterocycles. The van der Waals surface area contributed by atoms with Crippen molar-refractivity contribution in [1.82, 2.24) is 14.7 Å². The van der Waals surface area contributed by atoms with Gasteiger partial charge in [-0.05, 0) is 51.9 Å². The molecule has 0 radical (unpaired) electrons. The van der Waals surface area contributed by atoms with Crippen LogP contribution in [0.5, 0.6) is 5.75 Å². The fourth-order valence-corrected chi connectivity index (χ4v) is 4.21. The molecule has 0 N–H and O–H groups in total. The molecule has 0 spiro atoms. The first-order valence-electron chi connectivity index (χ1n) is 10.1. The Morgan fingerprint density at radius 1 is 1.07 bits per heavy atom. The van der Waals surface area contributed by atoms with E-state index in [0.29, 0.717) is 32.1 Å². The molecule has 6 nitrogen and oxygen atoms in total. The lowest BCUT2D eigenvalue weighted by molar-refractivity contribution is -0.138. The van der Waals surface area contributed by atoms with Crippen LogP contribution in [0.15, 0.2) is 24.3 Å². The molecular formula is C21H29F2N3O3. The van der Waals surface area contributed by atoms with Crippen LogP contribution in [0.2, 0.25) is 0 Å². The van der Waals surface area contributed by atoms with E-state index >= 15 is 0 Å². The van der Waals surface area contributed by atoms with Crippen LogP contribution in [0.4, 0.5) is 8.78 Å². The van der Waals surface area contributed by atoms with Crippen LogP contribution in [0.25, 0.3) is 0 Å². The fourth-order valence-electron chi connectivity index (χ4n) is 4.21. The molecule has 2 fully saturated rings. The van der Waals surface area contributed by atoms with Crippen LogP contribution >= 0.6 is 0 Å². The Hall–Kier alpha value is -2.22. The van der Waals surface area contributed by atoms with E-state index in [2.05, 4.69) is 9.64 Å². The maximum atomic E-state index is 13.1. The molecule has 0 saturated carbocycles. The lowest BCUT2D eigenvalue weighted by Crippen LogP contribution is -2.52. The van der Waals surface area contributed by atoms with Gasteiger partial charge in [-0.25, -0.2) is 0 Å². The predicted molar refractivity (Wildman–Crippen MR) is 105 cm³/mol. The summed E-state index contributed by atoms with van der Waals surface area (Å²) >= 11 is 0. The first-order chi connectivity index (χ1) is 13.9. The van der Waals surface area contributed by atoms with E-state index in [9.17, 15) is 18.4 Å². The van der Waals surface area contributed by atoms with Gasteiger partial charge in [0.25, 0.3) is 5.91 Å². The number of hydrogen-bond donors (Lipinski definition) is 0. The third-order valence-corrected chi connectivity index (χ3v) is 5.83. The van der Waals surface area contributed by atoms with Gasteiger partial charge < -0.3 is 19.4 Å². The summed E-state index contributed by atoms with van der Waals surface area (Å²) in [5, 5.41) is 0. The van der Waals surface area contributed by atoms with Gasteiger partial charge in [-0.1, -0.05) is 12.1 Å². The molecule has 2 aliphatic heterocycles. The third kappa shape index (κ3) is 5.23. The summed E-state index contributed by atoms with van der Waals surface area (Å²) in [7, 11) is 4.05. The number of nitrogens with zero attached hydrogens (tertiary/aromatic N) is 3. The monoisotopic (exact) mass is 409 g/mol. The topological polar surface area (TPSA) is 53.1 Å². The molecule has 29 heavy (non-hydrogen) atoms. The van der Waals surface area contributed by atoms with E-state index in [1.165, 1.54) is 12.1 Å². The van der Waals surface area contributed by atoms with Gasteiger partial charge in [0.1, 0.15) is 5.75 Å². The van der Waals surface area contributed by atoms with Crippen molar-refractivity contribution in [2.24, 2.45) is 5.92 Å². The van der Waals surface area contributed by atoms with Gasteiger partial charge >= 0.3 is 6.61 Å². The second-order valence-electron chi connectivity index (χ2n) is 8.01. The van der Waals surface area contributed by atoms with Gasteiger partial charge in [0.15, 0.2) is 0 Å². The quantitative estimate of drug-likeness (QED) is 0.751. The van der Waals surface area contributed by atoms with Crippen molar-refractivity contribution >= 4 is 11.8 Å². The van der Waals surface area contributed by atoms with Crippen molar-refractivity contribution in [3.63, 3.8) is 0 Å². The SMILES string of the molecule is CN(C)C1CCCN(C(=O)C2CCCN(C(=O)c3ccccc3OC(F)F)C2)C1. The number of carbonyl (C=O) groups excluding carboxylic acids is 2. The highest BCUT2D eigenvalue weighted by molar-refractivity contribution is 5.97. The first-order valence-corrected chi connectivity index (χ1v) is 10.1. The summed E-state index contributed by atoms with van der Waals surface area (Å²) in [6, 6.07) is 6.37. The molecule has 160 valence electrons. The van der Waals surface area contributed by atoms with Crippen LogP contribution in [0.1, 0.15) is 36.0 Å². The summed E-state index contributed by atoms with van der Waals surface area (Å²) in [6.45, 7) is -0.723. The molecule has 2 amide bonds. The minimum atomic E-state index is -3.00. The van der Waals surface area contributed by atoms with Gasteiger partial charge in [0.2, 0.25) is 5.91 Å². The minimum absolute atomic E-state index is 0.0890. The zero-order valence-electron chi connectivity index (χ0n) is 17.0. The van der Waals surface area contributed by atoms with Crippen molar-refractivity contribution < 1.29 is 23.1 Å². The van der Waals surface area contributed by atoms with Gasteiger partial charge in [-0.2, -0.15) is 8.78 Å². The van der Waals surface area contributed by atoms with Crippen LogP contribution in [0, 0.1) is 5.92 Å². The molecule has 2 atom stereocenters. The largest absolute Gasteiger partial charge is 0.434 e. The number of likely N-dealkylation sites (N-methyl/N-ethyl adjacent to an activating group) is 1. The van der Waals surface area contributed by atoms with E-state index < -0.39 is 6.61 Å². The zero-order chi connectivity index (χ0) is 21.0. The highest BCUT2D eigenvalue weighted by atomic mass is 19.3. The van der Waals surface area contributed by atoms with E-state index in [1.807, 2.05) is 19.0 Å². The molecule has 0 aliphatic carbocycles. The van der Waals surface area contributed by atoms with Gasteiger partial charge in [-0.15, -0.1) is 0 Å². The summed E-state index contributed by atoms with van der Waals surface area (Å²) in [5.74, 6) is -0.669. The van der Waals surface area contributed by atoms with Crippen LogP contribution in [-0.4, -0.2) is 79.4 Å². The second-order valence-corrected chi connectivity index (χ2v) is 8.01. The Morgan fingerprint density at radius 3 is 2.48 bits per heavy atom. The molecule has 8 heteroatoms. The third-order valence-electron chi connectivity index (χ3n) is 5.83. The molecule has 1 aromatic rings. The predicted octanol–water partition coefficient (Wildman–Crippen LogP) is 2.69. The summed E-state index contributed by atoms with van der Waals surface area (Å²) in [5.41, 5.74) is 0.103. The summed E-state index contributed by atoms with van der Waals surface area (Å²) < 4.78 is 29.8. The van der Waals surface area contributed by atoms with Crippen LogP contribution in [-0.2, 0) is 4.79 Å². The maximum absolute atomic E-state index is 13.1. The fraction of sp³-hybridized carbons (Fsp3) is 0.619. The number of amides is 2. The first kappa shape index (κ1) is 21.5. The number of carbonyl (C=O) groups is 2. The number of alkyl halides is 2. The lowest BCUT2D eigenvalue weighted by Gasteiger charge is -2.40. The number of halogens is 2. The highest BCUT2D eigenvalue weighted by Crippen LogP contribution is 2.26. The van der Waals surface area contributed by atoms with Gasteiger partial charge in [0.05, 0.1) is 11.5 Å². The average molecular weight is 409 g/mol. The van der Waals surface area contributed by atoms with Crippen molar-refractivity contribution in [3.05, 3.63) is 29.8 Å². The van der Waals surface area contributed by atoms with Crippen molar-refractivity contribution in [3.8, 4) is 5.75 Å². The number of para-hydroxylation sites is 1. The van der Waals surface area contributed by atoms with Crippen LogP contribution < -0.4 is 4.74 Å². The van der Waals surface area contributed by atoms with Gasteiger partial charge in [0, 0.05) is 32.2 Å². The number of benzene rings is 1. The Labute approximate surface area is 170 Å². The summed E-state index contributed by atoms with van der Waals surface area (Å²) in [4.78, 5) is 31.7. The Morgan fingerprint density at radius 2 is 1.76 bits per heavy atom. The molecule has 3 rings (SSSR count). The number of hydrogen-bond acceptors (Lipinski definition) is 4. The molecule has 0 bridgehead atoms. The normalized spacial score (nSPS) is 22.8. The van der Waals surface area contributed by atoms with E-state index in [1.54, 1.807) is 17.0 Å². The van der Waals surface area contributed by atoms with Crippen molar-refractivity contribution in [1.29, 1.82) is 0 Å². The molecule has 2 aliphatic rings. The van der Waals surface area contributed by atoms with E-state index in [-0.39, 0.29) is 29.0 Å². The number of ether oxygens (including phenoxy) is 1. The Kier molecular flexibility index (Phi) is 7.05. The van der Waals surface area contributed by atoms with E-state index in [4.69, 9.17) is 0 Å². The van der Waals surface area contributed by atoms with Crippen LogP contribution in [0.3, 0.4) is 0 Å². The Bertz CT molecular complexity index is 729. The molecule has 2 saturated heterocycles. The summed E-state index contributed by atoms with van der Waals surface area (Å²) in [6.07, 6.45) is 3.50. The average Bonchev–Trinajstić information content (AvgIpc) is 2.73. The van der Waals surface area contributed by atoms with Gasteiger partial charge in [-0.3, -0.25) is 9.59 Å². The molecule has 1 aromatic carbocycles. The van der Waals surface area contributed by atoms with Crippen molar-refractivity contribution in [2.45, 2.75) is 38.3 Å². The smallest absolute Gasteiger partial charge is 0.387 e. The molecule has 0 aromatic heterocycles. The zero-order valence-corrected chi connectivity index (χ0v) is 17.0. The number of piperidine rings is 2. The second kappa shape index (κ2) is 9.52. The standard InChI is InChI=1S/C21H29F2N3O3/c1-24(2)16-8-6-12-26(14-16)19(27)15-7-5-11-25(13-15)20(28)17-9-3-4-10-18(17)29-21(22)23/h3-4,9-10,15-16,21H,5-8,11-14H2,1-2H3. The molecule has 2 unspecified atom stereocenters. The number of likely N-dealkylation sites (tertiary alicyclic amines) is 2. The van der Waals surface area contributed by atoms with Crippen molar-refractivity contribution in [2.75, 3.05) is 40.3 Å². The highest BCUT2D eigenvalue weighted by Gasteiger charge is 2.34. The number of rotatable bonds is 5. The maximum Gasteiger partial charge on any atom is 0.387 e. The minimum Gasteiger partial charge on any atom is -0.434 e. The lowest BCUT2D eigenvalue weighted by atomic mass is 9.94. The molecular weight excluding hydrogens is 380 g/mol. The van der Waals surface area contributed by atoms with E-state index in [0.717, 1.165) is 25.8 Å². The Balaban J connectivity index is 1.68.